The van der Waals surface area contributed by atoms with Gasteiger partial charge in [-0.1, -0.05) is 29.8 Å². The number of hydrogen-bond acceptors (Lipinski definition) is 2. The van der Waals surface area contributed by atoms with Crippen molar-refractivity contribution >= 4 is 34.2 Å². The molecular formula is C11H11ClIN3. The van der Waals surface area contributed by atoms with Gasteiger partial charge in [0.2, 0.25) is 0 Å². The fourth-order valence-electron chi connectivity index (χ4n) is 1.61. The van der Waals surface area contributed by atoms with Crippen LogP contribution >= 0.6 is 34.2 Å². The number of benzene rings is 1. The summed E-state index contributed by atoms with van der Waals surface area (Å²) in [5.74, 6) is 0. The molecule has 1 aromatic heterocycles. The third-order valence-electron chi connectivity index (χ3n) is 2.38. The second kappa shape index (κ2) is 5.16. The first-order valence-corrected chi connectivity index (χ1v) is 6.32. The molecule has 2 rings (SSSR count). The zero-order valence-electron chi connectivity index (χ0n) is 8.48. The van der Waals surface area contributed by atoms with Gasteiger partial charge in [0.05, 0.1) is 15.8 Å². The highest BCUT2D eigenvalue weighted by atomic mass is 127. The molecule has 1 heterocycles. The minimum Gasteiger partial charge on any atom is -0.328 e. The van der Waals surface area contributed by atoms with Gasteiger partial charge in [-0.25, -0.2) is 0 Å². The van der Waals surface area contributed by atoms with E-state index >= 15 is 0 Å². The van der Waals surface area contributed by atoms with Crippen LogP contribution in [0.5, 0.6) is 0 Å². The molecule has 1 aromatic carbocycles. The summed E-state index contributed by atoms with van der Waals surface area (Å²) < 4.78 is 2.94. The molecule has 0 saturated carbocycles. The van der Waals surface area contributed by atoms with E-state index in [1.54, 1.807) is 6.20 Å². The summed E-state index contributed by atoms with van der Waals surface area (Å²) in [6, 6.07) is 7.71. The van der Waals surface area contributed by atoms with Crippen molar-refractivity contribution in [2.45, 2.75) is 6.04 Å². The van der Waals surface area contributed by atoms with E-state index in [1.807, 2.05) is 35.1 Å². The summed E-state index contributed by atoms with van der Waals surface area (Å²) in [7, 11) is 0. The van der Waals surface area contributed by atoms with Crippen molar-refractivity contribution in [3.8, 4) is 0 Å². The Kier molecular flexibility index (Phi) is 3.83. The van der Waals surface area contributed by atoms with Crippen LogP contribution < -0.4 is 5.73 Å². The molecule has 2 N–H and O–H groups in total. The van der Waals surface area contributed by atoms with Crippen LogP contribution in [0, 0.1) is 3.57 Å². The molecule has 0 saturated heterocycles. The molecule has 1 atom stereocenters. The monoisotopic (exact) mass is 347 g/mol. The van der Waals surface area contributed by atoms with E-state index in [0.717, 1.165) is 14.2 Å². The van der Waals surface area contributed by atoms with Crippen LogP contribution in [0.3, 0.4) is 0 Å². The Morgan fingerprint density at radius 3 is 2.75 bits per heavy atom. The highest BCUT2D eigenvalue weighted by Crippen LogP contribution is 2.25. The smallest absolute Gasteiger partial charge is 0.0905 e. The Labute approximate surface area is 113 Å². The molecule has 0 spiro atoms. The lowest BCUT2D eigenvalue weighted by molar-refractivity contribution is 0.532. The molecule has 0 aliphatic rings. The molecule has 0 bridgehead atoms. The Bertz CT molecular complexity index is 484. The largest absolute Gasteiger partial charge is 0.328 e. The van der Waals surface area contributed by atoms with Crippen LogP contribution in [0.4, 0.5) is 0 Å². The van der Waals surface area contributed by atoms with Crippen LogP contribution in [-0.2, 0) is 0 Å². The van der Waals surface area contributed by atoms with E-state index in [9.17, 15) is 0 Å². The van der Waals surface area contributed by atoms with Crippen molar-refractivity contribution in [3.63, 3.8) is 0 Å². The van der Waals surface area contributed by atoms with Crippen LogP contribution in [0.25, 0.3) is 0 Å². The Morgan fingerprint density at radius 2 is 2.19 bits per heavy atom. The highest BCUT2D eigenvalue weighted by Gasteiger charge is 2.15. The summed E-state index contributed by atoms with van der Waals surface area (Å²) >= 11 is 8.38. The van der Waals surface area contributed by atoms with Gasteiger partial charge in [-0.15, -0.1) is 0 Å². The SMILES string of the molecule is NCC(c1ccccc1Cl)n1cc(I)cn1. The van der Waals surface area contributed by atoms with Crippen molar-refractivity contribution in [1.82, 2.24) is 9.78 Å². The molecule has 16 heavy (non-hydrogen) atoms. The molecule has 0 aliphatic heterocycles. The van der Waals surface area contributed by atoms with E-state index in [1.165, 1.54) is 0 Å². The van der Waals surface area contributed by atoms with Crippen molar-refractivity contribution in [3.05, 3.63) is 50.8 Å². The van der Waals surface area contributed by atoms with E-state index in [2.05, 4.69) is 27.7 Å². The number of aromatic nitrogens is 2. The van der Waals surface area contributed by atoms with Gasteiger partial charge in [0.15, 0.2) is 0 Å². The van der Waals surface area contributed by atoms with Gasteiger partial charge < -0.3 is 5.73 Å². The predicted molar refractivity (Wildman–Crippen MR) is 73.6 cm³/mol. The van der Waals surface area contributed by atoms with Crippen LogP contribution in [0.15, 0.2) is 36.7 Å². The zero-order valence-corrected chi connectivity index (χ0v) is 11.4. The summed E-state index contributed by atoms with van der Waals surface area (Å²) in [4.78, 5) is 0. The number of nitrogens with zero attached hydrogens (tertiary/aromatic N) is 2. The maximum atomic E-state index is 6.16. The van der Waals surface area contributed by atoms with Crippen molar-refractivity contribution < 1.29 is 0 Å². The van der Waals surface area contributed by atoms with Crippen LogP contribution in [0.2, 0.25) is 5.02 Å². The van der Waals surface area contributed by atoms with Crippen LogP contribution in [-0.4, -0.2) is 16.3 Å². The Hall–Kier alpha value is -0.590. The standard InChI is InChI=1S/C11H11ClIN3/c12-10-4-2-1-3-9(10)11(5-14)16-7-8(13)6-15-16/h1-4,6-7,11H,5,14H2. The van der Waals surface area contributed by atoms with Crippen molar-refractivity contribution in [1.29, 1.82) is 0 Å². The second-order valence-corrected chi connectivity index (χ2v) is 5.06. The maximum absolute atomic E-state index is 6.16. The summed E-state index contributed by atoms with van der Waals surface area (Å²) in [5.41, 5.74) is 6.80. The molecule has 0 radical (unpaired) electrons. The normalized spacial score (nSPS) is 12.7. The van der Waals surface area contributed by atoms with Crippen LogP contribution in [0.1, 0.15) is 11.6 Å². The molecule has 0 aliphatic carbocycles. The van der Waals surface area contributed by atoms with E-state index in [-0.39, 0.29) is 6.04 Å². The molecule has 3 nitrogen and oxygen atoms in total. The average Bonchev–Trinajstić information content (AvgIpc) is 2.69. The fourth-order valence-corrected chi connectivity index (χ4v) is 2.28. The number of halogens is 2. The van der Waals surface area contributed by atoms with Gasteiger partial charge in [-0.05, 0) is 34.2 Å². The number of hydrogen-bond donors (Lipinski definition) is 1. The Balaban J connectivity index is 2.40. The first kappa shape index (κ1) is 11.9. The van der Waals surface area contributed by atoms with Gasteiger partial charge in [0.25, 0.3) is 0 Å². The third kappa shape index (κ3) is 2.39. The first-order valence-electron chi connectivity index (χ1n) is 4.86. The minimum atomic E-state index is -0.00258. The Morgan fingerprint density at radius 1 is 1.44 bits per heavy atom. The molecular weight excluding hydrogens is 336 g/mol. The molecule has 5 heteroatoms. The maximum Gasteiger partial charge on any atom is 0.0905 e. The third-order valence-corrected chi connectivity index (χ3v) is 3.28. The van der Waals surface area contributed by atoms with E-state index in [4.69, 9.17) is 17.3 Å². The predicted octanol–water partition coefficient (Wildman–Crippen LogP) is 2.69. The molecule has 84 valence electrons. The quantitative estimate of drug-likeness (QED) is 0.868. The summed E-state index contributed by atoms with van der Waals surface area (Å²) in [6.07, 6.45) is 3.77. The minimum absolute atomic E-state index is 0.00258. The summed E-state index contributed by atoms with van der Waals surface area (Å²) in [6.45, 7) is 0.474. The number of rotatable bonds is 3. The van der Waals surface area contributed by atoms with Gasteiger partial charge in [-0.3, -0.25) is 4.68 Å². The lowest BCUT2D eigenvalue weighted by atomic mass is 10.1. The summed E-state index contributed by atoms with van der Waals surface area (Å²) in [5, 5.41) is 5.00. The van der Waals surface area contributed by atoms with E-state index in [0.29, 0.717) is 6.54 Å². The topological polar surface area (TPSA) is 43.8 Å². The van der Waals surface area contributed by atoms with Gasteiger partial charge in [0.1, 0.15) is 0 Å². The second-order valence-electron chi connectivity index (χ2n) is 3.41. The first-order chi connectivity index (χ1) is 7.72. The highest BCUT2D eigenvalue weighted by molar-refractivity contribution is 14.1. The molecule has 2 aromatic rings. The number of nitrogens with two attached hydrogens (primary N) is 1. The molecule has 0 fully saturated rings. The van der Waals surface area contributed by atoms with Gasteiger partial charge in [0, 0.05) is 17.8 Å². The lowest BCUT2D eigenvalue weighted by Gasteiger charge is -2.17. The molecule has 1 unspecified atom stereocenters. The van der Waals surface area contributed by atoms with Gasteiger partial charge in [-0.2, -0.15) is 5.10 Å². The van der Waals surface area contributed by atoms with Gasteiger partial charge >= 0.3 is 0 Å². The van der Waals surface area contributed by atoms with Crippen molar-refractivity contribution in [2.24, 2.45) is 5.73 Å². The van der Waals surface area contributed by atoms with Crippen molar-refractivity contribution in [2.75, 3.05) is 6.54 Å². The zero-order chi connectivity index (χ0) is 11.5. The van der Waals surface area contributed by atoms with E-state index < -0.39 is 0 Å². The fraction of sp³-hybridized carbons (Fsp3) is 0.182. The lowest BCUT2D eigenvalue weighted by Crippen LogP contribution is -2.21. The average molecular weight is 348 g/mol. The molecule has 0 amide bonds.